The number of imidazole rings is 1. The van der Waals surface area contributed by atoms with Crippen LogP contribution in [0.1, 0.15) is 29.6 Å². The van der Waals surface area contributed by atoms with Crippen molar-refractivity contribution >= 4 is 32.9 Å². The van der Waals surface area contributed by atoms with Crippen molar-refractivity contribution in [3.05, 3.63) is 94.2 Å². The molecule has 0 radical (unpaired) electrons. The minimum absolute atomic E-state index is 0.0860. The molecule has 0 spiro atoms. The molecule has 0 fully saturated rings. The normalized spacial score (nSPS) is 18.9. The van der Waals surface area contributed by atoms with Gasteiger partial charge in [-0.25, -0.2) is 9.37 Å². The highest BCUT2D eigenvalue weighted by atomic mass is 79.9. The number of hydrogen-bond acceptors (Lipinski definition) is 2. The summed E-state index contributed by atoms with van der Waals surface area (Å²) in [5.74, 6) is 0.637. The molecule has 134 valence electrons. The van der Waals surface area contributed by atoms with Gasteiger partial charge in [0.05, 0.1) is 23.1 Å². The van der Waals surface area contributed by atoms with Crippen molar-refractivity contribution in [2.24, 2.45) is 0 Å². The smallest absolute Gasteiger partial charge is 0.204 e. The number of benzene rings is 3. The molecule has 1 aromatic heterocycles. The lowest BCUT2D eigenvalue weighted by Gasteiger charge is -2.33. The van der Waals surface area contributed by atoms with Crippen LogP contribution in [0.25, 0.3) is 11.0 Å². The van der Waals surface area contributed by atoms with Crippen LogP contribution >= 0.6 is 15.9 Å². The highest BCUT2D eigenvalue weighted by molar-refractivity contribution is 9.10. The third kappa shape index (κ3) is 2.92. The van der Waals surface area contributed by atoms with Gasteiger partial charge in [0.15, 0.2) is 0 Å². The molecule has 2 heterocycles. The van der Waals surface area contributed by atoms with Crippen LogP contribution in [-0.2, 0) is 0 Å². The van der Waals surface area contributed by atoms with Crippen LogP contribution in [0, 0.1) is 5.82 Å². The molecule has 0 amide bonds. The van der Waals surface area contributed by atoms with E-state index in [1.54, 1.807) is 0 Å². The third-order valence-corrected chi connectivity index (χ3v) is 5.73. The Hall–Kier alpha value is -2.66. The van der Waals surface area contributed by atoms with Gasteiger partial charge in [0, 0.05) is 4.47 Å². The minimum Gasteiger partial charge on any atom is -0.349 e. The fourth-order valence-corrected chi connectivity index (χ4v) is 4.15. The largest absolute Gasteiger partial charge is 0.349 e. The molecule has 5 heteroatoms. The van der Waals surface area contributed by atoms with E-state index in [2.05, 4.69) is 56.1 Å². The predicted octanol–water partition coefficient (Wildman–Crippen LogP) is 6.08. The molecule has 1 aliphatic rings. The lowest BCUT2D eigenvalue weighted by atomic mass is 9.93. The average Bonchev–Trinajstić information content (AvgIpc) is 3.07. The zero-order valence-electron chi connectivity index (χ0n) is 14.4. The van der Waals surface area contributed by atoms with Gasteiger partial charge in [-0.05, 0) is 53.9 Å². The fraction of sp³-hybridized carbons (Fsp3) is 0.136. The van der Waals surface area contributed by atoms with Crippen LogP contribution in [0.5, 0.6) is 0 Å². The van der Waals surface area contributed by atoms with Crippen LogP contribution in [0.2, 0.25) is 0 Å². The van der Waals surface area contributed by atoms with E-state index < -0.39 is 0 Å². The molecular weight excluding hydrogens is 405 g/mol. The fourth-order valence-electron chi connectivity index (χ4n) is 3.89. The molecule has 0 aliphatic carbocycles. The first-order chi connectivity index (χ1) is 13.2. The molecular formula is C22H17BrFN3. The summed E-state index contributed by atoms with van der Waals surface area (Å²) in [4.78, 5) is 4.81. The number of aromatic nitrogens is 2. The molecule has 1 N–H and O–H groups in total. The van der Waals surface area contributed by atoms with Crippen molar-refractivity contribution in [2.45, 2.75) is 18.5 Å². The van der Waals surface area contributed by atoms with Crippen molar-refractivity contribution in [1.29, 1.82) is 0 Å². The summed E-state index contributed by atoms with van der Waals surface area (Å²) in [6, 6.07) is 23.6. The van der Waals surface area contributed by atoms with Crippen molar-refractivity contribution in [2.75, 3.05) is 5.32 Å². The van der Waals surface area contributed by atoms with Gasteiger partial charge in [-0.1, -0.05) is 52.3 Å². The summed E-state index contributed by atoms with van der Waals surface area (Å²) in [6.07, 6.45) is 0.862. The Balaban J connectivity index is 1.65. The van der Waals surface area contributed by atoms with Gasteiger partial charge < -0.3 is 9.88 Å². The quantitative estimate of drug-likeness (QED) is 0.424. The SMILES string of the molecule is Fc1ccc([C@H]2C[C@@H](c3ccc(Br)cc3)Nc3nc4ccccc4n32)cc1. The lowest BCUT2D eigenvalue weighted by molar-refractivity contribution is 0.476. The molecule has 2 atom stereocenters. The number of rotatable bonds is 2. The Labute approximate surface area is 165 Å². The first-order valence-electron chi connectivity index (χ1n) is 8.93. The maximum Gasteiger partial charge on any atom is 0.204 e. The van der Waals surface area contributed by atoms with Gasteiger partial charge in [-0.2, -0.15) is 0 Å². The topological polar surface area (TPSA) is 29.9 Å². The van der Waals surface area contributed by atoms with Crippen molar-refractivity contribution < 1.29 is 4.39 Å². The second-order valence-corrected chi connectivity index (χ2v) is 7.76. The Morgan fingerprint density at radius 1 is 0.926 bits per heavy atom. The molecule has 4 aromatic rings. The summed E-state index contributed by atoms with van der Waals surface area (Å²) in [6.45, 7) is 0. The maximum atomic E-state index is 13.5. The second kappa shape index (κ2) is 6.50. The minimum atomic E-state index is -0.215. The number of nitrogens with one attached hydrogen (secondary N) is 1. The van der Waals surface area contributed by atoms with Crippen LogP contribution in [0.4, 0.5) is 10.3 Å². The van der Waals surface area contributed by atoms with E-state index in [-0.39, 0.29) is 17.9 Å². The highest BCUT2D eigenvalue weighted by Gasteiger charge is 2.30. The molecule has 5 rings (SSSR count). The van der Waals surface area contributed by atoms with Gasteiger partial charge in [0.1, 0.15) is 5.82 Å². The maximum absolute atomic E-state index is 13.5. The zero-order chi connectivity index (χ0) is 18.4. The van der Waals surface area contributed by atoms with Gasteiger partial charge in [0.25, 0.3) is 0 Å². The van der Waals surface area contributed by atoms with E-state index in [0.29, 0.717) is 0 Å². The highest BCUT2D eigenvalue weighted by Crippen LogP contribution is 2.41. The Morgan fingerprint density at radius 2 is 1.63 bits per heavy atom. The summed E-state index contributed by atoms with van der Waals surface area (Å²) in [5, 5.41) is 3.60. The third-order valence-electron chi connectivity index (χ3n) is 5.20. The van der Waals surface area contributed by atoms with Crippen LogP contribution in [0.15, 0.2) is 77.3 Å². The zero-order valence-corrected chi connectivity index (χ0v) is 16.0. The van der Waals surface area contributed by atoms with E-state index in [1.807, 2.05) is 30.3 Å². The van der Waals surface area contributed by atoms with E-state index in [9.17, 15) is 4.39 Å². The van der Waals surface area contributed by atoms with Gasteiger partial charge in [0.2, 0.25) is 5.95 Å². The van der Waals surface area contributed by atoms with E-state index in [1.165, 1.54) is 17.7 Å². The monoisotopic (exact) mass is 421 g/mol. The first-order valence-corrected chi connectivity index (χ1v) is 9.73. The number of para-hydroxylation sites is 2. The van der Waals surface area contributed by atoms with Crippen molar-refractivity contribution in [1.82, 2.24) is 9.55 Å². The van der Waals surface area contributed by atoms with Crippen molar-refractivity contribution in [3.63, 3.8) is 0 Å². The van der Waals surface area contributed by atoms with Crippen molar-refractivity contribution in [3.8, 4) is 0 Å². The second-order valence-electron chi connectivity index (χ2n) is 6.85. The summed E-state index contributed by atoms with van der Waals surface area (Å²) in [7, 11) is 0. The standard InChI is InChI=1S/C22H17BrFN3/c23-16-9-5-14(6-10-16)19-13-21(15-7-11-17(24)12-8-15)27-20-4-2-1-3-18(20)25-22(27)26-19/h1-12,19,21H,13H2,(H,25,26)/t19-,21+/m0/s1. The molecule has 27 heavy (non-hydrogen) atoms. The molecule has 0 saturated carbocycles. The Kier molecular flexibility index (Phi) is 3.97. The Bertz CT molecular complexity index is 1100. The molecule has 0 unspecified atom stereocenters. The molecule has 3 nitrogen and oxygen atoms in total. The number of nitrogens with zero attached hydrogens (tertiary/aromatic N) is 2. The number of fused-ring (bicyclic) bond motifs is 3. The summed E-state index contributed by atoms with van der Waals surface area (Å²) in [5.41, 5.74) is 4.35. The molecule has 3 aromatic carbocycles. The number of anilines is 1. The van der Waals surface area contributed by atoms with Gasteiger partial charge >= 0.3 is 0 Å². The molecule has 0 saturated heterocycles. The van der Waals surface area contributed by atoms with Crippen LogP contribution in [-0.4, -0.2) is 9.55 Å². The van der Waals surface area contributed by atoms with E-state index in [4.69, 9.17) is 4.98 Å². The molecule has 0 bridgehead atoms. The first kappa shape index (κ1) is 16.5. The van der Waals surface area contributed by atoms with E-state index >= 15 is 0 Å². The van der Waals surface area contributed by atoms with Gasteiger partial charge in [-0.3, -0.25) is 0 Å². The lowest BCUT2D eigenvalue weighted by Crippen LogP contribution is -2.27. The number of halogens is 2. The molecule has 1 aliphatic heterocycles. The van der Waals surface area contributed by atoms with Crippen LogP contribution in [0.3, 0.4) is 0 Å². The predicted molar refractivity (Wildman–Crippen MR) is 109 cm³/mol. The van der Waals surface area contributed by atoms with Gasteiger partial charge in [-0.15, -0.1) is 0 Å². The van der Waals surface area contributed by atoms with Crippen LogP contribution < -0.4 is 5.32 Å². The van der Waals surface area contributed by atoms with E-state index in [0.717, 1.165) is 33.4 Å². The summed E-state index contributed by atoms with van der Waals surface area (Å²) < 4.78 is 16.8. The Morgan fingerprint density at radius 3 is 2.41 bits per heavy atom. The number of hydrogen-bond donors (Lipinski definition) is 1. The average molecular weight is 422 g/mol. The summed E-state index contributed by atoms with van der Waals surface area (Å²) >= 11 is 3.50.